The zero-order valence-corrected chi connectivity index (χ0v) is 21.0. The minimum absolute atomic E-state index is 0.178. The number of unbranched alkanes of at least 4 members (excludes halogenated alkanes) is 3. The van der Waals surface area contributed by atoms with Crippen LogP contribution in [0.2, 0.25) is 0 Å². The van der Waals surface area contributed by atoms with Crippen molar-refractivity contribution < 1.29 is 33.4 Å². The second-order valence-electron chi connectivity index (χ2n) is 9.50. The van der Waals surface area contributed by atoms with E-state index in [0.717, 1.165) is 25.7 Å². The summed E-state index contributed by atoms with van der Waals surface area (Å²) in [6, 6.07) is -1.04. The van der Waals surface area contributed by atoms with Crippen LogP contribution in [0.3, 0.4) is 0 Å². The number of carbonyl (C=O) groups is 4. The van der Waals surface area contributed by atoms with Gasteiger partial charge in [0.25, 0.3) is 5.91 Å². The summed E-state index contributed by atoms with van der Waals surface area (Å²) in [6.45, 7) is 10.0. The summed E-state index contributed by atoms with van der Waals surface area (Å²) in [5.74, 6) is -0.770. The van der Waals surface area contributed by atoms with Gasteiger partial charge in [0.05, 0.1) is 13.2 Å². The maximum atomic E-state index is 12.4. The van der Waals surface area contributed by atoms with Crippen LogP contribution in [-0.2, 0) is 33.4 Å². The number of carbonyl (C=O) groups excluding carboxylic acids is 4. The molecule has 0 spiro atoms. The first kappa shape index (κ1) is 29.0. The lowest BCUT2D eigenvalue weighted by Crippen LogP contribution is -2.45. The fourth-order valence-electron chi connectivity index (χ4n) is 3.47. The highest BCUT2D eigenvalue weighted by molar-refractivity contribution is 5.96. The third kappa shape index (κ3) is 11.6. The highest BCUT2D eigenvalue weighted by atomic mass is 16.6. The smallest absolute Gasteiger partial charge is 0.328 e. The molecule has 2 N–H and O–H groups in total. The molecule has 33 heavy (non-hydrogen) atoms. The molecule has 1 heterocycles. The first-order valence-corrected chi connectivity index (χ1v) is 12.0. The number of esters is 2. The molecule has 0 saturated carbocycles. The Bertz CT molecular complexity index is 651. The number of ether oxygens (including phenoxy) is 3. The molecule has 1 amide bonds. The third-order valence-corrected chi connectivity index (χ3v) is 5.33. The number of Topliss-reactive ketones (excluding diaryl/α,β-unsaturated/α-hetero) is 1. The van der Waals surface area contributed by atoms with Crippen molar-refractivity contribution in [3.8, 4) is 0 Å². The Morgan fingerprint density at radius 3 is 1.70 bits per heavy atom. The fourth-order valence-corrected chi connectivity index (χ4v) is 3.47. The lowest BCUT2D eigenvalue weighted by molar-refractivity contribution is -0.149. The molecule has 0 aliphatic carbocycles. The van der Waals surface area contributed by atoms with Gasteiger partial charge in [-0.1, -0.05) is 27.7 Å². The first-order valence-electron chi connectivity index (χ1n) is 12.0. The van der Waals surface area contributed by atoms with Crippen molar-refractivity contribution >= 4 is 23.6 Å². The molecular weight excluding hydrogens is 428 g/mol. The lowest BCUT2D eigenvalue weighted by Gasteiger charge is -2.19. The SMILES string of the molecule is CNC(CC(C)C)C(=O)OCCCCCCOC(=O)C(CC(C)C)NC(=O)[C@H]1O[C@@H]1C(C)=O. The molecule has 0 aromatic heterocycles. The van der Waals surface area contributed by atoms with Crippen molar-refractivity contribution in [3.63, 3.8) is 0 Å². The van der Waals surface area contributed by atoms with E-state index in [9.17, 15) is 19.2 Å². The molecule has 4 atom stereocenters. The Hall–Kier alpha value is -2.00. The summed E-state index contributed by atoms with van der Waals surface area (Å²) in [5.41, 5.74) is 0. The summed E-state index contributed by atoms with van der Waals surface area (Å²) in [5, 5.41) is 5.65. The Labute approximate surface area is 197 Å². The van der Waals surface area contributed by atoms with E-state index in [1.165, 1.54) is 6.92 Å². The van der Waals surface area contributed by atoms with Crippen LogP contribution in [0.5, 0.6) is 0 Å². The molecule has 1 saturated heterocycles. The van der Waals surface area contributed by atoms with Crippen molar-refractivity contribution in [1.82, 2.24) is 10.6 Å². The monoisotopic (exact) mass is 470 g/mol. The zero-order chi connectivity index (χ0) is 25.0. The molecule has 1 rings (SSSR count). The lowest BCUT2D eigenvalue weighted by atomic mass is 10.0. The molecule has 0 radical (unpaired) electrons. The summed E-state index contributed by atoms with van der Waals surface area (Å²) in [4.78, 5) is 48.0. The van der Waals surface area contributed by atoms with Crippen LogP contribution in [0.1, 0.15) is 73.1 Å². The van der Waals surface area contributed by atoms with E-state index >= 15 is 0 Å². The van der Waals surface area contributed by atoms with E-state index in [1.54, 1.807) is 7.05 Å². The number of ketones is 1. The maximum Gasteiger partial charge on any atom is 0.328 e. The van der Waals surface area contributed by atoms with E-state index in [4.69, 9.17) is 14.2 Å². The Kier molecular flexibility index (Phi) is 13.2. The molecule has 1 fully saturated rings. The van der Waals surface area contributed by atoms with Gasteiger partial charge in [-0.2, -0.15) is 0 Å². The van der Waals surface area contributed by atoms with Crippen molar-refractivity contribution in [1.29, 1.82) is 0 Å². The number of likely N-dealkylation sites (N-methyl/N-ethyl adjacent to an activating group) is 1. The van der Waals surface area contributed by atoms with Gasteiger partial charge >= 0.3 is 11.9 Å². The quantitative estimate of drug-likeness (QED) is 0.188. The molecule has 0 aromatic carbocycles. The number of hydrogen-bond donors (Lipinski definition) is 2. The van der Waals surface area contributed by atoms with Crippen LogP contribution in [0.25, 0.3) is 0 Å². The van der Waals surface area contributed by atoms with E-state index in [2.05, 4.69) is 24.5 Å². The topological polar surface area (TPSA) is 123 Å². The molecule has 9 nitrogen and oxygen atoms in total. The Balaban J connectivity index is 2.23. The van der Waals surface area contributed by atoms with Crippen LogP contribution in [0.15, 0.2) is 0 Å². The second kappa shape index (κ2) is 15.0. The van der Waals surface area contributed by atoms with Gasteiger partial charge in [0.15, 0.2) is 18.0 Å². The number of rotatable bonds is 17. The van der Waals surface area contributed by atoms with E-state index in [-0.39, 0.29) is 30.3 Å². The average Bonchev–Trinajstić information content (AvgIpc) is 3.54. The van der Waals surface area contributed by atoms with Gasteiger partial charge in [-0.05, 0) is 64.3 Å². The highest BCUT2D eigenvalue weighted by Gasteiger charge is 2.49. The molecule has 1 aliphatic heterocycles. The van der Waals surface area contributed by atoms with Gasteiger partial charge < -0.3 is 24.8 Å². The largest absolute Gasteiger partial charge is 0.465 e. The normalized spacial score (nSPS) is 19.2. The Morgan fingerprint density at radius 1 is 0.788 bits per heavy atom. The highest BCUT2D eigenvalue weighted by Crippen LogP contribution is 2.23. The first-order chi connectivity index (χ1) is 15.6. The van der Waals surface area contributed by atoms with Gasteiger partial charge in [0, 0.05) is 0 Å². The zero-order valence-electron chi connectivity index (χ0n) is 21.0. The number of epoxide rings is 1. The summed E-state index contributed by atoms with van der Waals surface area (Å²) in [7, 11) is 1.76. The van der Waals surface area contributed by atoms with Gasteiger partial charge in [-0.25, -0.2) is 4.79 Å². The van der Waals surface area contributed by atoms with Crippen LogP contribution in [-0.4, -0.2) is 68.2 Å². The predicted octanol–water partition coefficient (Wildman–Crippen LogP) is 2.15. The predicted molar refractivity (Wildman–Crippen MR) is 123 cm³/mol. The van der Waals surface area contributed by atoms with Crippen LogP contribution in [0, 0.1) is 11.8 Å². The standard InChI is InChI=1S/C24H42N2O7/c1-15(2)13-18(25-6)23(29)31-11-9-7-8-10-12-32-24(30)19(14-16(3)4)26-22(28)21-20(33-21)17(5)27/h15-16,18-21,25H,7-14H2,1-6H3,(H,26,28)/t18?,19?,20-,21+/m1/s1. The number of nitrogens with one attached hydrogen (secondary N) is 2. The molecule has 0 aromatic rings. The summed E-state index contributed by atoms with van der Waals surface area (Å²) in [6.07, 6.45) is 2.80. The van der Waals surface area contributed by atoms with Crippen molar-refractivity contribution in [2.45, 2.75) is 97.4 Å². The van der Waals surface area contributed by atoms with Gasteiger partial charge in [0.2, 0.25) is 0 Å². The molecule has 9 heteroatoms. The van der Waals surface area contributed by atoms with Crippen LogP contribution >= 0.6 is 0 Å². The van der Waals surface area contributed by atoms with Crippen molar-refractivity contribution in [3.05, 3.63) is 0 Å². The number of amides is 1. The van der Waals surface area contributed by atoms with Gasteiger partial charge in [-0.3, -0.25) is 14.4 Å². The summed E-state index contributed by atoms with van der Waals surface area (Å²) < 4.78 is 15.8. The average molecular weight is 471 g/mol. The molecule has 1 aliphatic rings. The molecule has 2 unspecified atom stereocenters. The number of hydrogen-bond acceptors (Lipinski definition) is 8. The fraction of sp³-hybridized carbons (Fsp3) is 0.833. The second-order valence-corrected chi connectivity index (χ2v) is 9.50. The van der Waals surface area contributed by atoms with Gasteiger partial charge in [-0.15, -0.1) is 0 Å². The van der Waals surface area contributed by atoms with E-state index < -0.39 is 30.1 Å². The molecule has 0 bridgehead atoms. The maximum absolute atomic E-state index is 12.4. The minimum Gasteiger partial charge on any atom is -0.465 e. The van der Waals surface area contributed by atoms with Crippen LogP contribution in [0.4, 0.5) is 0 Å². The Morgan fingerprint density at radius 2 is 1.27 bits per heavy atom. The van der Waals surface area contributed by atoms with E-state index in [1.807, 2.05) is 13.8 Å². The molecule has 190 valence electrons. The van der Waals surface area contributed by atoms with Crippen LogP contribution < -0.4 is 10.6 Å². The van der Waals surface area contributed by atoms with Crippen molar-refractivity contribution in [2.75, 3.05) is 20.3 Å². The minimum atomic E-state index is -0.812. The van der Waals surface area contributed by atoms with Gasteiger partial charge in [0.1, 0.15) is 12.1 Å². The van der Waals surface area contributed by atoms with E-state index in [0.29, 0.717) is 25.4 Å². The summed E-state index contributed by atoms with van der Waals surface area (Å²) >= 11 is 0. The molecular formula is C24H42N2O7. The van der Waals surface area contributed by atoms with Crippen molar-refractivity contribution in [2.24, 2.45) is 11.8 Å². The third-order valence-electron chi connectivity index (χ3n) is 5.33.